The van der Waals surface area contributed by atoms with Crippen molar-refractivity contribution in [1.29, 1.82) is 0 Å². The fraction of sp³-hybridized carbons (Fsp3) is 0.476. The number of sulfonamides is 1. The van der Waals surface area contributed by atoms with Gasteiger partial charge in [0.25, 0.3) is 0 Å². The molecule has 1 N–H and O–H groups in total. The van der Waals surface area contributed by atoms with Crippen molar-refractivity contribution in [3.8, 4) is 0 Å². The predicted octanol–water partition coefficient (Wildman–Crippen LogP) is 3.03. The molecule has 0 saturated carbocycles. The van der Waals surface area contributed by atoms with Crippen molar-refractivity contribution >= 4 is 10.0 Å². The first-order chi connectivity index (χ1) is 12.9. The van der Waals surface area contributed by atoms with Crippen molar-refractivity contribution in [3.05, 3.63) is 65.0 Å². The molecule has 1 aliphatic heterocycles. The lowest BCUT2D eigenvalue weighted by Crippen LogP contribution is -2.38. The molecule has 6 heteroatoms. The fourth-order valence-electron chi connectivity index (χ4n) is 3.55. The Labute approximate surface area is 162 Å². The van der Waals surface area contributed by atoms with Gasteiger partial charge in [-0.3, -0.25) is 9.88 Å². The van der Waals surface area contributed by atoms with E-state index in [0.29, 0.717) is 12.5 Å². The maximum atomic E-state index is 12.5. The highest BCUT2D eigenvalue weighted by molar-refractivity contribution is 7.88. The number of nitrogens with zero attached hydrogens (tertiary/aromatic N) is 2. The van der Waals surface area contributed by atoms with E-state index in [4.69, 9.17) is 0 Å². The lowest BCUT2D eigenvalue weighted by Gasteiger charge is -2.32. The van der Waals surface area contributed by atoms with E-state index in [1.165, 1.54) is 5.56 Å². The minimum atomic E-state index is -3.31. The number of piperidine rings is 1. The van der Waals surface area contributed by atoms with E-state index < -0.39 is 10.0 Å². The van der Waals surface area contributed by atoms with Gasteiger partial charge in [0.2, 0.25) is 10.0 Å². The molecule has 3 rings (SSSR count). The smallest absolute Gasteiger partial charge is 0.215 e. The van der Waals surface area contributed by atoms with Crippen LogP contribution in [-0.2, 0) is 22.3 Å². The summed E-state index contributed by atoms with van der Waals surface area (Å²) >= 11 is 0. The van der Waals surface area contributed by atoms with E-state index in [0.717, 1.165) is 49.2 Å². The van der Waals surface area contributed by atoms with E-state index >= 15 is 0 Å². The molecular weight excluding hydrogens is 358 g/mol. The second-order valence-corrected chi connectivity index (χ2v) is 9.43. The Kier molecular flexibility index (Phi) is 6.63. The van der Waals surface area contributed by atoms with Crippen molar-refractivity contribution in [2.24, 2.45) is 5.92 Å². The summed E-state index contributed by atoms with van der Waals surface area (Å²) in [7, 11) is -3.31. The van der Waals surface area contributed by atoms with Gasteiger partial charge >= 0.3 is 0 Å². The molecule has 1 aromatic heterocycles. The number of rotatable bonds is 7. The van der Waals surface area contributed by atoms with Gasteiger partial charge in [-0.15, -0.1) is 0 Å². The molecule has 2 heterocycles. The normalized spacial score (nSPS) is 16.5. The Morgan fingerprint density at radius 2 is 1.96 bits per heavy atom. The van der Waals surface area contributed by atoms with Gasteiger partial charge in [0, 0.05) is 25.5 Å². The molecule has 1 aliphatic rings. The lowest BCUT2D eigenvalue weighted by molar-refractivity contribution is 0.178. The Bertz CT molecular complexity index is 845. The molecule has 1 fully saturated rings. The first-order valence-corrected chi connectivity index (χ1v) is 11.2. The number of aryl methyl sites for hydroxylation is 2. The standard InChI is InChI=1S/C21H29N3O2S/c1-17-5-6-18(2)21(12-17)16-27(25,26)23-14-19-7-10-24(11-8-19)15-20-4-3-9-22-13-20/h3-6,9,12-13,19,23H,7-8,10-11,14-16H2,1-2H3. The molecule has 2 aromatic rings. The van der Waals surface area contributed by atoms with Crippen molar-refractivity contribution in [1.82, 2.24) is 14.6 Å². The van der Waals surface area contributed by atoms with Crippen molar-refractivity contribution in [2.75, 3.05) is 19.6 Å². The number of nitrogens with one attached hydrogen (secondary N) is 1. The van der Waals surface area contributed by atoms with Gasteiger partial charge in [-0.05, 0) is 68.5 Å². The van der Waals surface area contributed by atoms with E-state index in [1.807, 2.05) is 44.3 Å². The summed E-state index contributed by atoms with van der Waals surface area (Å²) in [5.74, 6) is 0.462. The summed E-state index contributed by atoms with van der Waals surface area (Å²) < 4.78 is 27.8. The van der Waals surface area contributed by atoms with Crippen molar-refractivity contribution < 1.29 is 8.42 Å². The van der Waals surface area contributed by atoms with Crippen LogP contribution in [-0.4, -0.2) is 37.9 Å². The number of likely N-dealkylation sites (tertiary alicyclic amines) is 1. The van der Waals surface area contributed by atoms with Gasteiger partial charge in [0.1, 0.15) is 0 Å². The third-order valence-corrected chi connectivity index (χ3v) is 6.58. The number of aromatic nitrogens is 1. The fourth-order valence-corrected chi connectivity index (χ4v) is 4.87. The molecule has 0 amide bonds. The first kappa shape index (κ1) is 20.0. The third kappa shape index (κ3) is 6.13. The maximum absolute atomic E-state index is 12.5. The summed E-state index contributed by atoms with van der Waals surface area (Å²) in [6, 6.07) is 10.0. The zero-order valence-electron chi connectivity index (χ0n) is 16.2. The molecule has 5 nitrogen and oxygen atoms in total. The summed E-state index contributed by atoms with van der Waals surface area (Å²) in [5, 5.41) is 0. The average molecular weight is 388 g/mol. The zero-order valence-corrected chi connectivity index (χ0v) is 17.0. The molecule has 0 spiro atoms. The van der Waals surface area contributed by atoms with Gasteiger partial charge in [-0.25, -0.2) is 13.1 Å². The van der Waals surface area contributed by atoms with Crippen LogP contribution in [0.1, 0.15) is 35.1 Å². The van der Waals surface area contributed by atoms with Crippen LogP contribution in [0.25, 0.3) is 0 Å². The lowest BCUT2D eigenvalue weighted by atomic mass is 9.97. The van der Waals surface area contributed by atoms with Gasteiger partial charge in [0.15, 0.2) is 0 Å². The summed E-state index contributed by atoms with van der Waals surface area (Å²) in [4.78, 5) is 6.58. The van der Waals surface area contributed by atoms with Crippen LogP contribution < -0.4 is 4.72 Å². The highest BCUT2D eigenvalue weighted by Crippen LogP contribution is 2.19. The second kappa shape index (κ2) is 8.95. The molecular formula is C21H29N3O2S. The van der Waals surface area contributed by atoms with E-state index in [9.17, 15) is 8.42 Å². The predicted molar refractivity (Wildman–Crippen MR) is 109 cm³/mol. The van der Waals surface area contributed by atoms with Gasteiger partial charge < -0.3 is 0 Å². The van der Waals surface area contributed by atoms with E-state index in [2.05, 4.69) is 20.7 Å². The number of pyridine rings is 1. The monoisotopic (exact) mass is 387 g/mol. The van der Waals surface area contributed by atoms with Crippen LogP contribution in [0.15, 0.2) is 42.7 Å². The maximum Gasteiger partial charge on any atom is 0.215 e. The molecule has 0 radical (unpaired) electrons. The van der Waals surface area contributed by atoms with E-state index in [-0.39, 0.29) is 5.75 Å². The van der Waals surface area contributed by atoms with Crippen molar-refractivity contribution in [3.63, 3.8) is 0 Å². The highest BCUT2D eigenvalue weighted by Gasteiger charge is 2.21. The second-order valence-electron chi connectivity index (χ2n) is 7.62. The number of benzene rings is 1. The van der Waals surface area contributed by atoms with Crippen molar-refractivity contribution in [2.45, 2.75) is 39.0 Å². The zero-order chi connectivity index (χ0) is 19.3. The minimum absolute atomic E-state index is 0.0559. The largest absolute Gasteiger partial charge is 0.299 e. The van der Waals surface area contributed by atoms with Crippen LogP contribution >= 0.6 is 0 Å². The number of hydrogen-bond donors (Lipinski definition) is 1. The molecule has 0 aliphatic carbocycles. The van der Waals surface area contributed by atoms with Gasteiger partial charge in [-0.1, -0.05) is 29.8 Å². The SMILES string of the molecule is Cc1ccc(C)c(CS(=O)(=O)NCC2CCN(Cc3cccnc3)CC2)c1. The Morgan fingerprint density at radius 3 is 2.67 bits per heavy atom. The molecule has 0 bridgehead atoms. The average Bonchev–Trinajstić information content (AvgIpc) is 2.65. The first-order valence-electron chi connectivity index (χ1n) is 9.56. The van der Waals surface area contributed by atoms with Crippen LogP contribution in [0.2, 0.25) is 0 Å². The summed E-state index contributed by atoms with van der Waals surface area (Å²) in [5.41, 5.74) is 4.22. The quantitative estimate of drug-likeness (QED) is 0.793. The Morgan fingerprint density at radius 1 is 1.19 bits per heavy atom. The molecule has 0 atom stereocenters. The molecule has 27 heavy (non-hydrogen) atoms. The van der Waals surface area contributed by atoms with Gasteiger partial charge in [-0.2, -0.15) is 0 Å². The highest BCUT2D eigenvalue weighted by atomic mass is 32.2. The molecule has 1 saturated heterocycles. The Balaban J connectivity index is 1.45. The third-order valence-electron chi connectivity index (χ3n) is 5.28. The molecule has 1 aromatic carbocycles. The van der Waals surface area contributed by atoms with Crippen LogP contribution in [0.5, 0.6) is 0 Å². The summed E-state index contributed by atoms with van der Waals surface area (Å²) in [6.45, 7) is 7.40. The minimum Gasteiger partial charge on any atom is -0.299 e. The summed E-state index contributed by atoms with van der Waals surface area (Å²) in [6.07, 6.45) is 5.74. The number of hydrogen-bond acceptors (Lipinski definition) is 4. The van der Waals surface area contributed by atoms with E-state index in [1.54, 1.807) is 6.20 Å². The van der Waals surface area contributed by atoms with Gasteiger partial charge in [0.05, 0.1) is 5.75 Å². The molecule has 146 valence electrons. The van der Waals surface area contributed by atoms with Crippen LogP contribution in [0.3, 0.4) is 0 Å². The Hall–Kier alpha value is -1.76. The van der Waals surface area contributed by atoms with Crippen LogP contribution in [0.4, 0.5) is 0 Å². The molecule has 0 unspecified atom stereocenters. The van der Waals surface area contributed by atoms with Crippen LogP contribution in [0, 0.1) is 19.8 Å². The topological polar surface area (TPSA) is 62.3 Å².